The molecule has 1 aromatic carbocycles. The van der Waals surface area contributed by atoms with Gasteiger partial charge in [-0.3, -0.25) is 0 Å². The average Bonchev–Trinajstić information content (AvgIpc) is 2.37. The summed E-state index contributed by atoms with van der Waals surface area (Å²) in [5, 5.41) is 3.32. The molecule has 0 heterocycles. The van der Waals surface area contributed by atoms with Crippen LogP contribution in [0.1, 0.15) is 19.4 Å². The second kappa shape index (κ2) is 8.82. The molecule has 108 valence electrons. The quantitative estimate of drug-likeness (QED) is 0.702. The SMILES string of the molecule is CC(C)NCc1ccc(OCCOCC(F)F)cc1. The van der Waals surface area contributed by atoms with Crippen molar-refractivity contribution in [3.05, 3.63) is 29.8 Å². The van der Waals surface area contributed by atoms with Gasteiger partial charge < -0.3 is 14.8 Å². The minimum absolute atomic E-state index is 0.168. The highest BCUT2D eigenvalue weighted by atomic mass is 19.3. The van der Waals surface area contributed by atoms with E-state index in [1.807, 2.05) is 24.3 Å². The standard InChI is InChI=1S/C14H21F2NO2/c1-11(2)17-9-12-3-5-13(6-4-12)19-8-7-18-10-14(15)16/h3-6,11,14,17H,7-10H2,1-2H3. The van der Waals surface area contributed by atoms with E-state index in [4.69, 9.17) is 9.47 Å². The zero-order valence-corrected chi connectivity index (χ0v) is 11.4. The normalized spacial score (nSPS) is 11.3. The molecule has 0 saturated carbocycles. The Bertz CT molecular complexity index is 342. The van der Waals surface area contributed by atoms with Crippen LogP contribution in [0.15, 0.2) is 24.3 Å². The van der Waals surface area contributed by atoms with E-state index >= 15 is 0 Å². The molecule has 0 atom stereocenters. The largest absolute Gasteiger partial charge is 0.491 e. The van der Waals surface area contributed by atoms with Gasteiger partial charge >= 0.3 is 0 Å². The summed E-state index contributed by atoms with van der Waals surface area (Å²) in [6.45, 7) is 4.91. The number of ether oxygens (including phenoxy) is 2. The summed E-state index contributed by atoms with van der Waals surface area (Å²) in [5.41, 5.74) is 1.18. The van der Waals surface area contributed by atoms with Gasteiger partial charge in [0, 0.05) is 12.6 Å². The highest BCUT2D eigenvalue weighted by Crippen LogP contribution is 2.12. The number of hydrogen-bond acceptors (Lipinski definition) is 3. The lowest BCUT2D eigenvalue weighted by Gasteiger charge is -2.10. The Hall–Kier alpha value is -1.20. The van der Waals surface area contributed by atoms with E-state index in [0.29, 0.717) is 11.8 Å². The van der Waals surface area contributed by atoms with Gasteiger partial charge in [0.05, 0.1) is 6.61 Å². The van der Waals surface area contributed by atoms with Crippen LogP contribution in [0.2, 0.25) is 0 Å². The topological polar surface area (TPSA) is 30.5 Å². The molecule has 0 aliphatic carbocycles. The van der Waals surface area contributed by atoms with Crippen molar-refractivity contribution in [1.82, 2.24) is 5.32 Å². The monoisotopic (exact) mass is 273 g/mol. The van der Waals surface area contributed by atoms with E-state index in [1.165, 1.54) is 5.56 Å². The van der Waals surface area contributed by atoms with Gasteiger partial charge in [-0.2, -0.15) is 0 Å². The lowest BCUT2D eigenvalue weighted by atomic mass is 10.2. The highest BCUT2D eigenvalue weighted by Gasteiger charge is 2.01. The van der Waals surface area contributed by atoms with Crippen LogP contribution in [0.25, 0.3) is 0 Å². The first-order valence-electron chi connectivity index (χ1n) is 6.39. The maximum absolute atomic E-state index is 11.8. The van der Waals surface area contributed by atoms with Crippen molar-refractivity contribution in [1.29, 1.82) is 0 Å². The fraction of sp³-hybridized carbons (Fsp3) is 0.571. The third-order valence-corrected chi connectivity index (χ3v) is 2.38. The molecule has 0 saturated heterocycles. The smallest absolute Gasteiger partial charge is 0.261 e. The van der Waals surface area contributed by atoms with Crippen LogP contribution >= 0.6 is 0 Å². The van der Waals surface area contributed by atoms with Crippen molar-refractivity contribution in [3.8, 4) is 5.75 Å². The van der Waals surface area contributed by atoms with Crippen molar-refractivity contribution >= 4 is 0 Å². The van der Waals surface area contributed by atoms with Crippen LogP contribution in [-0.4, -0.2) is 32.3 Å². The summed E-state index contributed by atoms with van der Waals surface area (Å²) in [6, 6.07) is 8.13. The van der Waals surface area contributed by atoms with Gasteiger partial charge in [0.2, 0.25) is 0 Å². The summed E-state index contributed by atoms with van der Waals surface area (Å²) in [5.74, 6) is 0.717. The van der Waals surface area contributed by atoms with Gasteiger partial charge in [-0.15, -0.1) is 0 Å². The van der Waals surface area contributed by atoms with Gasteiger partial charge in [-0.1, -0.05) is 26.0 Å². The average molecular weight is 273 g/mol. The predicted molar refractivity (Wildman–Crippen MR) is 70.7 cm³/mol. The fourth-order valence-electron chi connectivity index (χ4n) is 1.42. The number of benzene rings is 1. The zero-order chi connectivity index (χ0) is 14.1. The highest BCUT2D eigenvalue weighted by molar-refractivity contribution is 5.27. The van der Waals surface area contributed by atoms with Crippen LogP contribution in [0.5, 0.6) is 5.75 Å². The van der Waals surface area contributed by atoms with E-state index in [-0.39, 0.29) is 13.2 Å². The first-order chi connectivity index (χ1) is 9.08. The lowest BCUT2D eigenvalue weighted by molar-refractivity contribution is 0.00763. The molecule has 0 radical (unpaired) electrons. The van der Waals surface area contributed by atoms with Gasteiger partial charge in [0.1, 0.15) is 19.0 Å². The zero-order valence-electron chi connectivity index (χ0n) is 11.4. The van der Waals surface area contributed by atoms with Crippen LogP contribution in [-0.2, 0) is 11.3 Å². The molecule has 1 rings (SSSR count). The maximum atomic E-state index is 11.8. The third-order valence-electron chi connectivity index (χ3n) is 2.38. The van der Waals surface area contributed by atoms with Gasteiger partial charge in [0.15, 0.2) is 0 Å². The molecule has 0 unspecified atom stereocenters. The molecule has 0 fully saturated rings. The van der Waals surface area contributed by atoms with Crippen molar-refractivity contribution in [2.24, 2.45) is 0 Å². The van der Waals surface area contributed by atoms with E-state index in [2.05, 4.69) is 19.2 Å². The van der Waals surface area contributed by atoms with Crippen LogP contribution in [0.3, 0.4) is 0 Å². The Morgan fingerprint density at radius 1 is 1.11 bits per heavy atom. The Kier molecular flexibility index (Phi) is 7.36. The predicted octanol–water partition coefficient (Wildman–Crippen LogP) is 2.85. The Morgan fingerprint density at radius 3 is 2.37 bits per heavy atom. The number of rotatable bonds is 9. The Balaban J connectivity index is 2.20. The molecule has 1 aromatic rings. The minimum Gasteiger partial charge on any atom is -0.491 e. The fourth-order valence-corrected chi connectivity index (χ4v) is 1.42. The summed E-state index contributed by atoms with van der Waals surface area (Å²) < 4.78 is 33.7. The second-order valence-corrected chi connectivity index (χ2v) is 4.49. The Labute approximate surface area is 112 Å². The van der Waals surface area contributed by atoms with E-state index in [0.717, 1.165) is 6.54 Å². The number of nitrogens with one attached hydrogen (secondary N) is 1. The van der Waals surface area contributed by atoms with Crippen LogP contribution < -0.4 is 10.1 Å². The van der Waals surface area contributed by atoms with Gasteiger partial charge in [-0.25, -0.2) is 8.78 Å². The molecule has 0 amide bonds. The molecule has 0 aliphatic heterocycles. The molecular formula is C14H21F2NO2. The first kappa shape index (κ1) is 15.9. The van der Waals surface area contributed by atoms with E-state index < -0.39 is 13.0 Å². The van der Waals surface area contributed by atoms with Crippen molar-refractivity contribution in [2.75, 3.05) is 19.8 Å². The van der Waals surface area contributed by atoms with Gasteiger partial charge in [-0.05, 0) is 17.7 Å². The first-order valence-corrected chi connectivity index (χ1v) is 6.39. The molecule has 3 nitrogen and oxygen atoms in total. The summed E-state index contributed by atoms with van der Waals surface area (Å²) in [7, 11) is 0. The lowest BCUT2D eigenvalue weighted by Crippen LogP contribution is -2.21. The van der Waals surface area contributed by atoms with Crippen LogP contribution in [0.4, 0.5) is 8.78 Å². The van der Waals surface area contributed by atoms with E-state index in [9.17, 15) is 8.78 Å². The number of hydrogen-bond donors (Lipinski definition) is 1. The molecule has 0 bridgehead atoms. The molecule has 0 aliphatic rings. The van der Waals surface area contributed by atoms with Crippen molar-refractivity contribution in [2.45, 2.75) is 32.9 Å². The molecule has 0 aromatic heterocycles. The maximum Gasteiger partial charge on any atom is 0.261 e. The van der Waals surface area contributed by atoms with Crippen LogP contribution in [0, 0.1) is 0 Å². The van der Waals surface area contributed by atoms with E-state index in [1.54, 1.807) is 0 Å². The molecule has 19 heavy (non-hydrogen) atoms. The second-order valence-electron chi connectivity index (χ2n) is 4.49. The molecule has 0 spiro atoms. The summed E-state index contributed by atoms with van der Waals surface area (Å²) >= 11 is 0. The molecular weight excluding hydrogens is 252 g/mol. The third kappa shape index (κ3) is 7.74. The Morgan fingerprint density at radius 2 is 1.79 bits per heavy atom. The minimum atomic E-state index is -2.42. The van der Waals surface area contributed by atoms with Gasteiger partial charge in [0.25, 0.3) is 6.43 Å². The molecule has 5 heteroatoms. The van der Waals surface area contributed by atoms with Crippen molar-refractivity contribution in [3.63, 3.8) is 0 Å². The summed E-state index contributed by atoms with van der Waals surface area (Å²) in [6.07, 6.45) is -2.42. The summed E-state index contributed by atoms with van der Waals surface area (Å²) in [4.78, 5) is 0. The number of alkyl halides is 2. The van der Waals surface area contributed by atoms with Crippen molar-refractivity contribution < 1.29 is 18.3 Å². The number of halogens is 2. The molecule has 1 N–H and O–H groups in total.